The maximum absolute atomic E-state index is 12.3. The molecule has 0 radical (unpaired) electrons. The van der Waals surface area contributed by atoms with Gasteiger partial charge in [-0.2, -0.15) is 0 Å². The number of anilines is 1. The van der Waals surface area contributed by atoms with Crippen molar-refractivity contribution in [3.63, 3.8) is 0 Å². The maximum Gasteiger partial charge on any atom is 0.251 e. The molecule has 0 unspecified atom stereocenters. The van der Waals surface area contributed by atoms with Gasteiger partial charge in [0.25, 0.3) is 5.91 Å². The molecule has 0 heterocycles. The third kappa shape index (κ3) is 4.87. The van der Waals surface area contributed by atoms with E-state index in [1.54, 1.807) is 18.2 Å². The van der Waals surface area contributed by atoms with Gasteiger partial charge in [0.15, 0.2) is 11.5 Å². The molecule has 0 fully saturated rings. The van der Waals surface area contributed by atoms with Crippen molar-refractivity contribution in [1.29, 1.82) is 0 Å². The summed E-state index contributed by atoms with van der Waals surface area (Å²) >= 11 is 6.11. The van der Waals surface area contributed by atoms with Crippen LogP contribution in [0.1, 0.15) is 22.8 Å². The third-order valence-corrected chi connectivity index (χ3v) is 3.70. The number of carbonyl (C=O) groups excluding carboxylic acids is 2. The van der Waals surface area contributed by atoms with E-state index >= 15 is 0 Å². The van der Waals surface area contributed by atoms with Crippen molar-refractivity contribution < 1.29 is 19.1 Å². The number of hydrogen-bond donors (Lipinski definition) is 2. The minimum Gasteiger partial charge on any atom is -0.493 e. The third-order valence-electron chi connectivity index (χ3n) is 3.42. The van der Waals surface area contributed by atoms with Gasteiger partial charge in [0.1, 0.15) is 0 Å². The summed E-state index contributed by atoms with van der Waals surface area (Å²) in [5.41, 5.74) is 1.97. The molecule has 0 atom stereocenters. The first kappa shape index (κ1) is 18.6. The Morgan fingerprint density at radius 3 is 2.32 bits per heavy atom. The second-order valence-electron chi connectivity index (χ2n) is 5.25. The molecule has 2 aromatic carbocycles. The lowest BCUT2D eigenvalue weighted by atomic mass is 10.1. The Morgan fingerprint density at radius 2 is 1.76 bits per heavy atom. The molecule has 25 heavy (non-hydrogen) atoms. The predicted molar refractivity (Wildman–Crippen MR) is 96.5 cm³/mol. The zero-order chi connectivity index (χ0) is 18.4. The van der Waals surface area contributed by atoms with Gasteiger partial charge < -0.3 is 20.1 Å². The lowest BCUT2D eigenvalue weighted by Gasteiger charge is -2.12. The Balaban J connectivity index is 2.05. The van der Waals surface area contributed by atoms with Crippen molar-refractivity contribution in [3.05, 3.63) is 52.5 Å². The zero-order valence-electron chi connectivity index (χ0n) is 14.2. The molecular weight excluding hydrogens is 344 g/mol. The molecule has 2 rings (SSSR count). The molecule has 6 nitrogen and oxygen atoms in total. The predicted octanol–water partition coefficient (Wildman–Crippen LogP) is 3.25. The second-order valence-corrected chi connectivity index (χ2v) is 5.66. The highest BCUT2D eigenvalue weighted by Crippen LogP contribution is 2.35. The fraction of sp³-hybridized carbons (Fsp3) is 0.222. The molecule has 0 aliphatic carbocycles. The maximum atomic E-state index is 12.3. The minimum absolute atomic E-state index is 0.133. The van der Waals surface area contributed by atoms with Crippen molar-refractivity contribution in [3.8, 4) is 11.5 Å². The van der Waals surface area contributed by atoms with Gasteiger partial charge in [0, 0.05) is 24.7 Å². The van der Waals surface area contributed by atoms with Gasteiger partial charge in [-0.3, -0.25) is 9.59 Å². The van der Waals surface area contributed by atoms with Crippen LogP contribution >= 0.6 is 11.6 Å². The largest absolute Gasteiger partial charge is 0.493 e. The normalized spacial score (nSPS) is 10.1. The van der Waals surface area contributed by atoms with Crippen LogP contribution in [0.15, 0.2) is 36.4 Å². The van der Waals surface area contributed by atoms with Crippen molar-refractivity contribution >= 4 is 29.1 Å². The Bertz CT molecular complexity index is 775. The molecule has 0 saturated heterocycles. The quantitative estimate of drug-likeness (QED) is 0.827. The number of benzene rings is 2. The summed E-state index contributed by atoms with van der Waals surface area (Å²) in [7, 11) is 2.96. The van der Waals surface area contributed by atoms with Crippen molar-refractivity contribution in [1.82, 2.24) is 5.32 Å². The van der Waals surface area contributed by atoms with Gasteiger partial charge in [-0.25, -0.2) is 0 Å². The number of amides is 2. The van der Waals surface area contributed by atoms with Gasteiger partial charge >= 0.3 is 0 Å². The van der Waals surface area contributed by atoms with Crippen LogP contribution in [0.2, 0.25) is 5.02 Å². The van der Waals surface area contributed by atoms with Crippen LogP contribution in [0.4, 0.5) is 5.69 Å². The van der Waals surface area contributed by atoms with Crippen LogP contribution in [0.25, 0.3) is 0 Å². The summed E-state index contributed by atoms with van der Waals surface area (Å²) in [6.07, 6.45) is 0. The average Bonchev–Trinajstić information content (AvgIpc) is 2.59. The summed E-state index contributed by atoms with van der Waals surface area (Å²) in [4.78, 5) is 23.3. The Kier molecular flexibility index (Phi) is 6.25. The van der Waals surface area contributed by atoms with Crippen LogP contribution in [-0.2, 0) is 11.3 Å². The first-order valence-electron chi connectivity index (χ1n) is 7.51. The number of carbonyl (C=O) groups is 2. The molecule has 132 valence electrons. The van der Waals surface area contributed by atoms with Gasteiger partial charge in [-0.1, -0.05) is 23.7 Å². The highest BCUT2D eigenvalue weighted by Gasteiger charge is 2.15. The molecule has 2 amide bonds. The summed E-state index contributed by atoms with van der Waals surface area (Å²) < 4.78 is 10.3. The number of methoxy groups -OCH3 is 2. The van der Waals surface area contributed by atoms with E-state index < -0.39 is 0 Å². The average molecular weight is 363 g/mol. The highest BCUT2D eigenvalue weighted by atomic mass is 35.5. The number of hydrogen-bond acceptors (Lipinski definition) is 4. The van der Waals surface area contributed by atoms with E-state index in [9.17, 15) is 9.59 Å². The Labute approximate surface area is 151 Å². The summed E-state index contributed by atoms with van der Waals surface area (Å²) in [6.45, 7) is 1.79. The van der Waals surface area contributed by atoms with E-state index in [2.05, 4.69) is 10.6 Å². The molecule has 0 aliphatic rings. The number of ether oxygens (including phenoxy) is 2. The van der Waals surface area contributed by atoms with E-state index in [0.717, 1.165) is 5.56 Å². The van der Waals surface area contributed by atoms with Crippen molar-refractivity contribution in [2.45, 2.75) is 13.5 Å². The monoisotopic (exact) mass is 362 g/mol. The van der Waals surface area contributed by atoms with Gasteiger partial charge in [0.05, 0.1) is 19.2 Å². The standard InChI is InChI=1S/C18H19ClN2O4/c1-11(22)21-14-6-4-12(5-7-14)10-20-18(23)13-8-15(19)17(25-3)16(9-13)24-2/h4-9H,10H2,1-3H3,(H,20,23)(H,21,22). The Hall–Kier alpha value is -2.73. The van der Waals surface area contributed by atoms with Crippen LogP contribution in [0.5, 0.6) is 11.5 Å². The smallest absolute Gasteiger partial charge is 0.251 e. The molecule has 2 N–H and O–H groups in total. The van der Waals surface area contributed by atoms with E-state index in [1.165, 1.54) is 27.2 Å². The van der Waals surface area contributed by atoms with E-state index in [4.69, 9.17) is 21.1 Å². The van der Waals surface area contributed by atoms with Crippen LogP contribution in [0, 0.1) is 0 Å². The molecule has 0 aliphatic heterocycles. The van der Waals surface area contributed by atoms with Crippen LogP contribution < -0.4 is 20.1 Å². The van der Waals surface area contributed by atoms with E-state index in [-0.39, 0.29) is 11.8 Å². The number of rotatable bonds is 6. The van der Waals surface area contributed by atoms with E-state index in [0.29, 0.717) is 34.3 Å². The summed E-state index contributed by atoms with van der Waals surface area (Å²) in [6, 6.07) is 10.3. The molecule has 2 aromatic rings. The molecule has 0 bridgehead atoms. The van der Waals surface area contributed by atoms with Crippen LogP contribution in [0.3, 0.4) is 0 Å². The van der Waals surface area contributed by atoms with Gasteiger partial charge in [-0.05, 0) is 29.8 Å². The topological polar surface area (TPSA) is 76.7 Å². The first-order chi connectivity index (χ1) is 11.9. The lowest BCUT2D eigenvalue weighted by molar-refractivity contribution is -0.114. The summed E-state index contributed by atoms with van der Waals surface area (Å²) in [5.74, 6) is 0.356. The molecule has 0 aromatic heterocycles. The SMILES string of the molecule is COc1cc(C(=O)NCc2ccc(NC(C)=O)cc2)cc(Cl)c1OC. The number of nitrogens with one attached hydrogen (secondary N) is 2. The fourth-order valence-corrected chi connectivity index (χ4v) is 2.53. The zero-order valence-corrected chi connectivity index (χ0v) is 14.9. The first-order valence-corrected chi connectivity index (χ1v) is 7.88. The minimum atomic E-state index is -0.284. The van der Waals surface area contributed by atoms with Crippen molar-refractivity contribution in [2.24, 2.45) is 0 Å². The highest BCUT2D eigenvalue weighted by molar-refractivity contribution is 6.32. The van der Waals surface area contributed by atoms with Crippen molar-refractivity contribution in [2.75, 3.05) is 19.5 Å². The fourth-order valence-electron chi connectivity index (χ4n) is 2.24. The second kappa shape index (κ2) is 8.39. The van der Waals surface area contributed by atoms with Gasteiger partial charge in [-0.15, -0.1) is 0 Å². The van der Waals surface area contributed by atoms with Gasteiger partial charge in [0.2, 0.25) is 5.91 Å². The van der Waals surface area contributed by atoms with Crippen LogP contribution in [-0.4, -0.2) is 26.0 Å². The van der Waals surface area contributed by atoms with E-state index in [1.807, 2.05) is 12.1 Å². The number of halogens is 1. The summed E-state index contributed by atoms with van der Waals surface area (Å²) in [5, 5.41) is 5.79. The molecule has 0 spiro atoms. The molecule has 7 heteroatoms. The Morgan fingerprint density at radius 1 is 1.08 bits per heavy atom. The molecular formula is C18H19ClN2O4. The lowest BCUT2D eigenvalue weighted by Crippen LogP contribution is -2.22. The molecule has 0 saturated carbocycles.